The highest BCUT2D eigenvalue weighted by molar-refractivity contribution is 14.1. The van der Waals surface area contributed by atoms with Crippen molar-refractivity contribution in [1.29, 1.82) is 0 Å². The van der Waals surface area contributed by atoms with Crippen LogP contribution in [-0.2, 0) is 12.8 Å². The third-order valence-corrected chi connectivity index (χ3v) is 7.78. The van der Waals surface area contributed by atoms with Gasteiger partial charge in [0.2, 0.25) is 0 Å². The van der Waals surface area contributed by atoms with E-state index in [0.717, 1.165) is 0 Å². The Morgan fingerprint density at radius 2 is 1.54 bits per heavy atom. The predicted molar refractivity (Wildman–Crippen MR) is 126 cm³/mol. The van der Waals surface area contributed by atoms with Crippen LogP contribution in [0.4, 0.5) is 0 Å². The number of halogens is 1. The van der Waals surface area contributed by atoms with Crippen molar-refractivity contribution in [2.75, 3.05) is 0 Å². The number of alkyl halides is 1. The van der Waals surface area contributed by atoms with Crippen LogP contribution < -0.4 is 0 Å². The van der Waals surface area contributed by atoms with Crippen molar-refractivity contribution in [1.82, 2.24) is 0 Å². The highest BCUT2D eigenvalue weighted by Crippen LogP contribution is 2.48. The molecular formula is C25H41I. The van der Waals surface area contributed by atoms with E-state index in [1.165, 1.54) is 82.6 Å². The van der Waals surface area contributed by atoms with Gasteiger partial charge in [-0.2, -0.15) is 0 Å². The van der Waals surface area contributed by atoms with Gasteiger partial charge in [-0.05, 0) is 92.9 Å². The SMILES string of the molecule is Cc1ccc(CCCCCC2(I)CC2)c(C)c1CCCCCC(C)(C)C. The summed E-state index contributed by atoms with van der Waals surface area (Å²) in [6.45, 7) is 11.7. The summed E-state index contributed by atoms with van der Waals surface area (Å²) >= 11 is 2.69. The standard InChI is InChI=1S/C25H41I/c1-20-14-15-22(12-8-6-11-17-25(26)18-19-25)21(2)23(20)13-9-7-10-16-24(3,4)5/h14-15H,6-13,16-19H2,1-5H3. The van der Waals surface area contributed by atoms with Crippen LogP contribution in [0.25, 0.3) is 0 Å². The van der Waals surface area contributed by atoms with E-state index in [9.17, 15) is 0 Å². The minimum absolute atomic E-state index is 0.488. The molecule has 0 heterocycles. The molecule has 1 aromatic rings. The topological polar surface area (TPSA) is 0 Å². The minimum Gasteiger partial charge on any atom is -0.0789 e. The Morgan fingerprint density at radius 1 is 0.885 bits per heavy atom. The molecule has 0 N–H and O–H groups in total. The first-order valence-electron chi connectivity index (χ1n) is 11.0. The molecule has 2 rings (SSSR count). The van der Waals surface area contributed by atoms with Crippen LogP contribution in [0.3, 0.4) is 0 Å². The molecule has 0 bridgehead atoms. The molecule has 0 amide bonds. The predicted octanol–water partition coefficient (Wildman–Crippen LogP) is 8.52. The monoisotopic (exact) mass is 468 g/mol. The molecule has 0 atom stereocenters. The summed E-state index contributed by atoms with van der Waals surface area (Å²) in [5, 5.41) is 0. The van der Waals surface area contributed by atoms with Gasteiger partial charge in [-0.15, -0.1) is 0 Å². The van der Waals surface area contributed by atoms with Gasteiger partial charge in [0.05, 0.1) is 0 Å². The van der Waals surface area contributed by atoms with Crippen molar-refractivity contribution < 1.29 is 0 Å². The summed E-state index contributed by atoms with van der Waals surface area (Å²) in [5.41, 5.74) is 6.83. The zero-order valence-corrected chi connectivity index (χ0v) is 20.2. The molecule has 1 aliphatic carbocycles. The molecule has 1 aromatic carbocycles. The molecule has 0 aliphatic heterocycles. The van der Waals surface area contributed by atoms with Crippen LogP contribution in [0, 0.1) is 19.3 Å². The van der Waals surface area contributed by atoms with Crippen LogP contribution in [0.1, 0.15) is 107 Å². The normalized spacial score (nSPS) is 16.1. The van der Waals surface area contributed by atoms with Crippen LogP contribution in [0.2, 0.25) is 0 Å². The van der Waals surface area contributed by atoms with Crippen LogP contribution in [0.15, 0.2) is 12.1 Å². The van der Waals surface area contributed by atoms with Crippen molar-refractivity contribution in [2.24, 2.45) is 5.41 Å². The maximum absolute atomic E-state index is 2.69. The van der Waals surface area contributed by atoms with E-state index in [0.29, 0.717) is 8.84 Å². The number of hydrogen-bond donors (Lipinski definition) is 0. The second kappa shape index (κ2) is 9.94. The quantitative estimate of drug-likeness (QED) is 0.173. The number of rotatable bonds is 11. The van der Waals surface area contributed by atoms with E-state index in [2.05, 4.69) is 69.3 Å². The van der Waals surface area contributed by atoms with Gasteiger partial charge in [-0.25, -0.2) is 0 Å². The van der Waals surface area contributed by atoms with E-state index in [1.807, 2.05) is 0 Å². The lowest BCUT2D eigenvalue weighted by molar-refractivity contribution is 0.358. The summed E-state index contributed by atoms with van der Waals surface area (Å²) < 4.78 is 0.706. The second-order valence-corrected chi connectivity index (χ2v) is 12.3. The summed E-state index contributed by atoms with van der Waals surface area (Å²) in [6.07, 6.45) is 16.6. The lowest BCUT2D eigenvalue weighted by Gasteiger charge is -2.18. The van der Waals surface area contributed by atoms with E-state index in [4.69, 9.17) is 0 Å². The Hall–Kier alpha value is -0.0500. The number of hydrogen-bond acceptors (Lipinski definition) is 0. The Morgan fingerprint density at radius 3 is 2.19 bits per heavy atom. The summed E-state index contributed by atoms with van der Waals surface area (Å²) in [6, 6.07) is 4.77. The Balaban J connectivity index is 1.75. The van der Waals surface area contributed by atoms with Crippen molar-refractivity contribution in [2.45, 2.75) is 115 Å². The van der Waals surface area contributed by atoms with Gasteiger partial charge >= 0.3 is 0 Å². The fourth-order valence-corrected chi connectivity index (χ4v) is 4.70. The molecule has 1 fully saturated rings. The van der Waals surface area contributed by atoms with E-state index >= 15 is 0 Å². The lowest BCUT2D eigenvalue weighted by atomic mass is 9.88. The first-order valence-corrected chi connectivity index (χ1v) is 12.0. The zero-order valence-electron chi connectivity index (χ0n) is 18.0. The summed E-state index contributed by atoms with van der Waals surface area (Å²) in [7, 11) is 0. The first-order chi connectivity index (χ1) is 12.2. The molecule has 0 radical (unpaired) electrons. The Kier molecular flexibility index (Phi) is 8.50. The molecule has 0 saturated heterocycles. The lowest BCUT2D eigenvalue weighted by Crippen LogP contribution is -2.04. The average Bonchev–Trinajstić information content (AvgIpc) is 3.28. The summed E-state index contributed by atoms with van der Waals surface area (Å²) in [5.74, 6) is 0. The van der Waals surface area contributed by atoms with Gasteiger partial charge in [0, 0.05) is 3.42 Å². The molecule has 1 heteroatoms. The van der Waals surface area contributed by atoms with Crippen molar-refractivity contribution >= 4 is 22.6 Å². The number of benzene rings is 1. The number of unbranched alkanes of at least 4 members (excludes halogenated alkanes) is 4. The van der Waals surface area contributed by atoms with E-state index in [-0.39, 0.29) is 0 Å². The minimum atomic E-state index is 0.488. The fraction of sp³-hybridized carbons (Fsp3) is 0.760. The van der Waals surface area contributed by atoms with Crippen molar-refractivity contribution in [3.63, 3.8) is 0 Å². The van der Waals surface area contributed by atoms with Crippen LogP contribution in [0.5, 0.6) is 0 Å². The maximum Gasteiger partial charge on any atom is 0.0223 e. The second-order valence-electron chi connectivity index (χ2n) is 9.98. The molecule has 148 valence electrons. The zero-order chi connectivity index (χ0) is 19.2. The largest absolute Gasteiger partial charge is 0.0789 e. The maximum atomic E-state index is 2.69. The molecular weight excluding hydrogens is 427 g/mol. The van der Waals surface area contributed by atoms with Gasteiger partial charge in [0.1, 0.15) is 0 Å². The highest BCUT2D eigenvalue weighted by atomic mass is 127. The Bertz CT molecular complexity index is 560. The van der Waals surface area contributed by atoms with Gasteiger partial charge in [0.25, 0.3) is 0 Å². The van der Waals surface area contributed by atoms with Gasteiger partial charge < -0.3 is 0 Å². The molecule has 0 spiro atoms. The van der Waals surface area contributed by atoms with Gasteiger partial charge in [-0.1, -0.05) is 81.2 Å². The molecule has 1 aliphatic rings. The first kappa shape index (κ1) is 22.2. The van der Waals surface area contributed by atoms with Crippen molar-refractivity contribution in [3.8, 4) is 0 Å². The fourth-order valence-electron chi connectivity index (χ4n) is 4.05. The van der Waals surface area contributed by atoms with Gasteiger partial charge in [-0.3, -0.25) is 0 Å². The molecule has 26 heavy (non-hydrogen) atoms. The highest BCUT2D eigenvalue weighted by Gasteiger charge is 2.38. The smallest absolute Gasteiger partial charge is 0.0223 e. The van der Waals surface area contributed by atoms with E-state index in [1.54, 1.807) is 16.7 Å². The van der Waals surface area contributed by atoms with Crippen LogP contribution >= 0.6 is 22.6 Å². The summed E-state index contributed by atoms with van der Waals surface area (Å²) in [4.78, 5) is 0. The van der Waals surface area contributed by atoms with E-state index < -0.39 is 0 Å². The molecule has 0 nitrogen and oxygen atoms in total. The molecule has 0 unspecified atom stereocenters. The average molecular weight is 469 g/mol. The third-order valence-electron chi connectivity index (χ3n) is 6.16. The van der Waals surface area contributed by atoms with Crippen LogP contribution in [-0.4, -0.2) is 3.42 Å². The van der Waals surface area contributed by atoms with Gasteiger partial charge in [0.15, 0.2) is 0 Å². The third kappa shape index (κ3) is 7.90. The molecule has 0 aromatic heterocycles. The Labute approximate surface area is 177 Å². The van der Waals surface area contributed by atoms with Crippen molar-refractivity contribution in [3.05, 3.63) is 34.4 Å². The molecule has 1 saturated carbocycles. The number of aryl methyl sites for hydroxylation is 2.